The second kappa shape index (κ2) is 5.85. The summed E-state index contributed by atoms with van der Waals surface area (Å²) in [5.41, 5.74) is 1.38. The first-order valence-corrected chi connectivity index (χ1v) is 10.6. The van der Waals surface area contributed by atoms with Crippen molar-refractivity contribution in [2.45, 2.75) is 18.2 Å². The van der Waals surface area contributed by atoms with E-state index in [0.29, 0.717) is 11.9 Å². The highest BCUT2D eigenvalue weighted by Gasteiger charge is 2.29. The Balaban J connectivity index is 1.86. The molecule has 0 unspecified atom stereocenters. The molecule has 8 heteroatoms. The second-order valence-corrected chi connectivity index (χ2v) is 9.93. The summed E-state index contributed by atoms with van der Waals surface area (Å²) in [5.74, 6) is 0.0109. The van der Waals surface area contributed by atoms with E-state index < -0.39 is 19.9 Å². The number of benzene rings is 1. The molecule has 1 fully saturated rings. The Labute approximate surface area is 135 Å². The fourth-order valence-corrected chi connectivity index (χ4v) is 5.95. The maximum absolute atomic E-state index is 12.5. The van der Waals surface area contributed by atoms with Gasteiger partial charge in [-0.1, -0.05) is 12.1 Å². The summed E-state index contributed by atoms with van der Waals surface area (Å²) >= 11 is 0. The van der Waals surface area contributed by atoms with Gasteiger partial charge in [0.1, 0.15) is 4.90 Å². The first-order chi connectivity index (χ1) is 10.8. The first kappa shape index (κ1) is 16.4. The third kappa shape index (κ3) is 3.54. The summed E-state index contributed by atoms with van der Waals surface area (Å²) in [6, 6.07) is 6.89. The molecule has 0 aliphatic carbocycles. The van der Waals surface area contributed by atoms with Crippen molar-refractivity contribution in [2.75, 3.05) is 18.1 Å². The van der Waals surface area contributed by atoms with Gasteiger partial charge >= 0.3 is 0 Å². The summed E-state index contributed by atoms with van der Waals surface area (Å²) in [5, 5.41) is 0.760. The average Bonchev–Trinajstić information content (AvgIpc) is 2.84. The zero-order valence-electron chi connectivity index (χ0n) is 12.7. The van der Waals surface area contributed by atoms with Gasteiger partial charge in [0, 0.05) is 18.1 Å². The zero-order valence-corrected chi connectivity index (χ0v) is 14.3. The first-order valence-electron chi connectivity index (χ1n) is 7.32. The van der Waals surface area contributed by atoms with Gasteiger partial charge in [-0.2, -0.15) is 0 Å². The number of aromatic nitrogens is 1. The number of sulfonamides is 1. The van der Waals surface area contributed by atoms with Crippen LogP contribution < -0.4 is 4.72 Å². The predicted octanol–water partition coefficient (Wildman–Crippen LogP) is 1.26. The summed E-state index contributed by atoms with van der Waals surface area (Å²) in [6.45, 7) is 2.02. The number of aryl methyl sites for hydroxylation is 1. The lowest BCUT2D eigenvalue weighted by molar-refractivity contribution is 0.543. The summed E-state index contributed by atoms with van der Waals surface area (Å²) < 4.78 is 50.5. The topological polar surface area (TPSA) is 93.2 Å². The number of rotatable bonds is 4. The lowest BCUT2D eigenvalue weighted by Gasteiger charge is -2.12. The Bertz CT molecular complexity index is 953. The Kier molecular flexibility index (Phi) is 4.16. The van der Waals surface area contributed by atoms with Crippen LogP contribution in [0.5, 0.6) is 0 Å². The van der Waals surface area contributed by atoms with E-state index in [4.69, 9.17) is 0 Å². The van der Waals surface area contributed by atoms with E-state index in [1.807, 2.05) is 19.1 Å². The third-order valence-corrected chi connectivity index (χ3v) is 7.28. The van der Waals surface area contributed by atoms with Crippen LogP contribution in [0.4, 0.5) is 0 Å². The average molecular weight is 354 g/mol. The minimum atomic E-state index is -3.73. The Hall–Kier alpha value is -1.51. The van der Waals surface area contributed by atoms with Crippen LogP contribution in [0.1, 0.15) is 12.0 Å². The van der Waals surface area contributed by atoms with Crippen molar-refractivity contribution in [2.24, 2.45) is 5.92 Å². The fourth-order valence-electron chi connectivity index (χ4n) is 2.80. The minimum Gasteiger partial charge on any atom is -0.255 e. The van der Waals surface area contributed by atoms with Crippen LogP contribution in [0.3, 0.4) is 0 Å². The second-order valence-electron chi connectivity index (χ2n) is 5.96. The van der Waals surface area contributed by atoms with E-state index >= 15 is 0 Å². The summed E-state index contributed by atoms with van der Waals surface area (Å²) in [7, 11) is -6.75. The SMILES string of the molecule is Cc1cnc2c(S(=O)(=O)NC[C@H]3CCS(=O)(=O)C3)cccc2c1. The maximum Gasteiger partial charge on any atom is 0.242 e. The van der Waals surface area contributed by atoms with Gasteiger partial charge in [-0.25, -0.2) is 21.6 Å². The van der Waals surface area contributed by atoms with Crippen LogP contribution in [0.25, 0.3) is 10.9 Å². The lowest BCUT2D eigenvalue weighted by atomic mass is 10.1. The van der Waals surface area contributed by atoms with E-state index in [2.05, 4.69) is 9.71 Å². The van der Waals surface area contributed by atoms with Gasteiger partial charge in [-0.05, 0) is 37.0 Å². The van der Waals surface area contributed by atoms with Gasteiger partial charge in [0.15, 0.2) is 9.84 Å². The molecule has 6 nitrogen and oxygen atoms in total. The molecule has 1 aliphatic heterocycles. The monoisotopic (exact) mass is 354 g/mol. The van der Waals surface area contributed by atoms with Crippen LogP contribution in [0.15, 0.2) is 35.4 Å². The Morgan fingerprint density at radius 2 is 2.13 bits per heavy atom. The van der Waals surface area contributed by atoms with Crippen molar-refractivity contribution in [1.82, 2.24) is 9.71 Å². The number of hydrogen-bond donors (Lipinski definition) is 1. The molecule has 2 aromatic rings. The molecule has 1 aromatic carbocycles. The highest BCUT2D eigenvalue weighted by Crippen LogP contribution is 2.23. The molecule has 23 heavy (non-hydrogen) atoms. The molecule has 1 aliphatic rings. The molecule has 2 heterocycles. The molecular formula is C15H18N2O4S2. The van der Waals surface area contributed by atoms with Gasteiger partial charge in [0.2, 0.25) is 10.0 Å². The van der Waals surface area contributed by atoms with Crippen molar-refractivity contribution in [3.05, 3.63) is 36.0 Å². The van der Waals surface area contributed by atoms with Crippen LogP contribution in [0.2, 0.25) is 0 Å². The largest absolute Gasteiger partial charge is 0.255 e. The van der Waals surface area contributed by atoms with Gasteiger partial charge < -0.3 is 0 Å². The van der Waals surface area contributed by atoms with Gasteiger partial charge in [0.25, 0.3) is 0 Å². The van der Waals surface area contributed by atoms with E-state index in [9.17, 15) is 16.8 Å². The van der Waals surface area contributed by atoms with E-state index in [-0.39, 0.29) is 28.9 Å². The number of para-hydroxylation sites is 1. The molecule has 0 amide bonds. The third-order valence-electron chi connectivity index (χ3n) is 3.99. The molecular weight excluding hydrogens is 336 g/mol. The van der Waals surface area contributed by atoms with Crippen LogP contribution in [-0.4, -0.2) is 39.9 Å². The standard InChI is InChI=1S/C15H18N2O4S2/c1-11-7-13-3-2-4-14(15(13)16-8-11)23(20,21)17-9-12-5-6-22(18,19)10-12/h2-4,7-8,12,17H,5-6,9-10H2,1H3/t12-/m1/s1. The fraction of sp³-hybridized carbons (Fsp3) is 0.400. The molecule has 124 valence electrons. The summed E-state index contributed by atoms with van der Waals surface area (Å²) in [4.78, 5) is 4.36. The Morgan fingerprint density at radius 3 is 2.83 bits per heavy atom. The Morgan fingerprint density at radius 1 is 1.35 bits per heavy atom. The van der Waals surface area contributed by atoms with E-state index in [0.717, 1.165) is 10.9 Å². The molecule has 0 radical (unpaired) electrons. The molecule has 1 saturated heterocycles. The smallest absolute Gasteiger partial charge is 0.242 e. The minimum absolute atomic E-state index is 0.0441. The maximum atomic E-state index is 12.5. The quantitative estimate of drug-likeness (QED) is 0.892. The number of sulfone groups is 1. The molecule has 0 spiro atoms. The van der Waals surface area contributed by atoms with Gasteiger partial charge in [0.05, 0.1) is 17.0 Å². The van der Waals surface area contributed by atoms with Crippen LogP contribution in [-0.2, 0) is 19.9 Å². The number of pyridine rings is 1. The number of hydrogen-bond acceptors (Lipinski definition) is 5. The normalized spacial score (nSPS) is 20.8. The molecule has 0 saturated carbocycles. The molecule has 0 bridgehead atoms. The molecule has 1 atom stereocenters. The summed E-state index contributed by atoms with van der Waals surface area (Å²) in [6.07, 6.45) is 2.13. The van der Waals surface area contributed by atoms with Crippen LogP contribution in [0, 0.1) is 12.8 Å². The van der Waals surface area contributed by atoms with Gasteiger partial charge in [-0.15, -0.1) is 0 Å². The van der Waals surface area contributed by atoms with Crippen molar-refractivity contribution in [3.63, 3.8) is 0 Å². The number of nitrogens with one attached hydrogen (secondary N) is 1. The molecule has 1 N–H and O–H groups in total. The zero-order chi connectivity index (χ0) is 16.7. The number of fused-ring (bicyclic) bond motifs is 1. The van der Waals surface area contributed by atoms with Gasteiger partial charge in [-0.3, -0.25) is 4.98 Å². The predicted molar refractivity (Wildman–Crippen MR) is 88.4 cm³/mol. The van der Waals surface area contributed by atoms with Crippen molar-refractivity contribution in [3.8, 4) is 0 Å². The van der Waals surface area contributed by atoms with Crippen molar-refractivity contribution in [1.29, 1.82) is 0 Å². The molecule has 3 rings (SSSR count). The highest BCUT2D eigenvalue weighted by atomic mass is 32.2. The molecule has 1 aromatic heterocycles. The van der Waals surface area contributed by atoms with E-state index in [1.165, 1.54) is 6.07 Å². The lowest BCUT2D eigenvalue weighted by Crippen LogP contribution is -2.30. The van der Waals surface area contributed by atoms with Crippen LogP contribution >= 0.6 is 0 Å². The van der Waals surface area contributed by atoms with E-state index in [1.54, 1.807) is 12.3 Å². The van der Waals surface area contributed by atoms with Crippen molar-refractivity contribution >= 4 is 30.8 Å². The number of nitrogens with zero attached hydrogens (tertiary/aromatic N) is 1. The highest BCUT2D eigenvalue weighted by molar-refractivity contribution is 7.91. The van der Waals surface area contributed by atoms with Crippen molar-refractivity contribution < 1.29 is 16.8 Å².